The maximum absolute atomic E-state index is 11.4. The van der Waals surface area contributed by atoms with Crippen LogP contribution in [0.25, 0.3) is 0 Å². The van der Waals surface area contributed by atoms with Crippen molar-refractivity contribution in [3.63, 3.8) is 0 Å². The van der Waals surface area contributed by atoms with E-state index in [4.69, 9.17) is 0 Å². The molecule has 6 heteroatoms. The summed E-state index contributed by atoms with van der Waals surface area (Å²) in [6, 6.07) is 0. The highest BCUT2D eigenvalue weighted by atomic mass is 32.2. The number of aromatic nitrogens is 1. The summed E-state index contributed by atoms with van der Waals surface area (Å²) in [5.41, 5.74) is 1.01. The van der Waals surface area contributed by atoms with Gasteiger partial charge in [0.05, 0.1) is 5.69 Å². The number of carbonyl (C=O) groups excluding carboxylic acids is 1. The molecule has 0 aromatic carbocycles. The van der Waals surface area contributed by atoms with Crippen molar-refractivity contribution in [1.29, 1.82) is 0 Å². The molecule has 1 aromatic heterocycles. The lowest BCUT2D eigenvalue weighted by molar-refractivity contribution is -0.116. The molecule has 0 unspecified atom stereocenters. The fourth-order valence-electron chi connectivity index (χ4n) is 1.55. The predicted octanol–water partition coefficient (Wildman–Crippen LogP) is 2.36. The summed E-state index contributed by atoms with van der Waals surface area (Å²) in [7, 11) is 0. The number of nitrogens with one attached hydrogen (secondary N) is 1. The largest absolute Gasteiger partial charge is 0.311 e. The molecule has 0 atom stereocenters. The number of hydrogen-bond acceptors (Lipinski definition) is 5. The molecule has 18 heavy (non-hydrogen) atoms. The molecule has 4 nitrogen and oxygen atoms in total. The number of nitrogens with zero attached hydrogens (tertiary/aromatic N) is 2. The quantitative estimate of drug-likeness (QED) is 0.746. The zero-order valence-electron chi connectivity index (χ0n) is 11.2. The summed E-state index contributed by atoms with van der Waals surface area (Å²) in [6.45, 7) is 6.00. The Bertz CT molecular complexity index is 368. The van der Waals surface area contributed by atoms with Gasteiger partial charge in [-0.05, 0) is 31.9 Å². The van der Waals surface area contributed by atoms with E-state index in [0.29, 0.717) is 6.54 Å². The van der Waals surface area contributed by atoms with Gasteiger partial charge >= 0.3 is 0 Å². The molecule has 0 saturated carbocycles. The van der Waals surface area contributed by atoms with Crippen LogP contribution in [-0.4, -0.2) is 36.0 Å². The first-order valence-electron chi connectivity index (χ1n) is 6.11. The lowest BCUT2D eigenvalue weighted by Crippen LogP contribution is -2.27. The molecule has 102 valence electrons. The number of amides is 1. The van der Waals surface area contributed by atoms with Crippen LogP contribution in [0.5, 0.6) is 0 Å². The van der Waals surface area contributed by atoms with E-state index in [0.717, 1.165) is 23.9 Å². The van der Waals surface area contributed by atoms with Crippen LogP contribution in [0.3, 0.4) is 0 Å². The Balaban J connectivity index is 2.40. The Morgan fingerprint density at radius 2 is 2.39 bits per heavy atom. The van der Waals surface area contributed by atoms with E-state index in [-0.39, 0.29) is 5.91 Å². The van der Waals surface area contributed by atoms with E-state index in [1.165, 1.54) is 23.5 Å². The second-order valence-corrected chi connectivity index (χ2v) is 5.73. The second kappa shape index (κ2) is 8.50. The van der Waals surface area contributed by atoms with Crippen molar-refractivity contribution in [2.75, 3.05) is 30.0 Å². The van der Waals surface area contributed by atoms with Crippen LogP contribution in [-0.2, 0) is 11.3 Å². The summed E-state index contributed by atoms with van der Waals surface area (Å²) in [4.78, 5) is 17.6. The molecule has 0 aliphatic carbocycles. The Hall–Kier alpha value is -0.590. The summed E-state index contributed by atoms with van der Waals surface area (Å²) in [6.07, 6.45) is 3.29. The van der Waals surface area contributed by atoms with Gasteiger partial charge in [0.15, 0.2) is 5.13 Å². The third-order valence-electron chi connectivity index (χ3n) is 2.47. The maximum Gasteiger partial charge on any atom is 0.225 e. The monoisotopic (exact) mass is 287 g/mol. The number of thiazole rings is 1. The van der Waals surface area contributed by atoms with E-state index in [2.05, 4.69) is 16.6 Å². The molecular formula is C12H21N3OS2. The minimum absolute atomic E-state index is 0.0475. The first-order valence-corrected chi connectivity index (χ1v) is 8.38. The number of hydrogen-bond donors (Lipinski definition) is 1. The van der Waals surface area contributed by atoms with Crippen molar-refractivity contribution in [3.8, 4) is 0 Å². The lowest BCUT2D eigenvalue weighted by Gasteiger charge is -2.14. The van der Waals surface area contributed by atoms with Gasteiger partial charge in [0.2, 0.25) is 5.91 Å². The average Bonchev–Trinajstić information content (AvgIpc) is 2.78. The number of anilines is 1. The van der Waals surface area contributed by atoms with Crippen molar-refractivity contribution in [3.05, 3.63) is 11.1 Å². The highest BCUT2D eigenvalue weighted by Gasteiger charge is 2.12. The smallest absolute Gasteiger partial charge is 0.225 e. The van der Waals surface area contributed by atoms with Crippen LogP contribution in [0.15, 0.2) is 5.38 Å². The third kappa shape index (κ3) is 4.96. The van der Waals surface area contributed by atoms with Crippen LogP contribution in [0.2, 0.25) is 0 Å². The average molecular weight is 287 g/mol. The maximum atomic E-state index is 11.4. The molecular weight excluding hydrogens is 266 g/mol. The number of rotatable bonds is 8. The molecule has 1 heterocycles. The Labute approximate surface area is 117 Å². The molecule has 0 aliphatic rings. The van der Waals surface area contributed by atoms with Gasteiger partial charge in [0.25, 0.3) is 0 Å². The third-order valence-corrected chi connectivity index (χ3v) is 4.08. The minimum atomic E-state index is 0.0475. The van der Waals surface area contributed by atoms with Gasteiger partial charge < -0.3 is 5.32 Å². The molecule has 0 bridgehead atoms. The van der Waals surface area contributed by atoms with Crippen molar-refractivity contribution in [2.45, 2.75) is 26.8 Å². The van der Waals surface area contributed by atoms with Crippen molar-refractivity contribution < 1.29 is 4.79 Å². The topological polar surface area (TPSA) is 45.2 Å². The first kappa shape index (κ1) is 15.5. The van der Waals surface area contributed by atoms with Gasteiger partial charge in [-0.2, -0.15) is 11.8 Å². The Morgan fingerprint density at radius 1 is 1.61 bits per heavy atom. The minimum Gasteiger partial charge on any atom is -0.311 e. The van der Waals surface area contributed by atoms with Gasteiger partial charge in [-0.15, -0.1) is 11.3 Å². The van der Waals surface area contributed by atoms with Crippen LogP contribution in [0.4, 0.5) is 5.13 Å². The normalized spacial score (nSPS) is 10.6. The van der Waals surface area contributed by atoms with Crippen LogP contribution < -0.4 is 10.2 Å². The standard InChI is InChI=1S/C12H21N3OS2/c1-4-15(10(2)16)12-14-11(9-18-12)8-13-6-5-7-17-3/h9,13H,4-8H2,1-3H3. The Morgan fingerprint density at radius 3 is 3.00 bits per heavy atom. The van der Waals surface area contributed by atoms with E-state index in [1.807, 2.05) is 24.1 Å². The summed E-state index contributed by atoms with van der Waals surface area (Å²) < 4.78 is 0. The zero-order chi connectivity index (χ0) is 13.4. The second-order valence-electron chi connectivity index (χ2n) is 3.91. The van der Waals surface area contributed by atoms with Crippen molar-refractivity contribution in [1.82, 2.24) is 10.3 Å². The van der Waals surface area contributed by atoms with E-state index in [9.17, 15) is 4.79 Å². The molecule has 1 rings (SSSR count). The van der Waals surface area contributed by atoms with Crippen LogP contribution in [0.1, 0.15) is 26.0 Å². The van der Waals surface area contributed by atoms with Gasteiger partial charge in [-0.3, -0.25) is 9.69 Å². The lowest BCUT2D eigenvalue weighted by atomic mass is 10.4. The van der Waals surface area contributed by atoms with E-state index >= 15 is 0 Å². The zero-order valence-corrected chi connectivity index (χ0v) is 12.9. The van der Waals surface area contributed by atoms with Crippen molar-refractivity contribution in [2.24, 2.45) is 0 Å². The first-order chi connectivity index (χ1) is 8.69. The van der Waals surface area contributed by atoms with E-state index in [1.54, 1.807) is 11.8 Å². The fraction of sp³-hybridized carbons (Fsp3) is 0.667. The van der Waals surface area contributed by atoms with E-state index < -0.39 is 0 Å². The number of thioether (sulfide) groups is 1. The summed E-state index contributed by atoms with van der Waals surface area (Å²) >= 11 is 3.39. The highest BCUT2D eigenvalue weighted by molar-refractivity contribution is 7.98. The fourth-order valence-corrected chi connectivity index (χ4v) is 2.92. The molecule has 0 spiro atoms. The summed E-state index contributed by atoms with van der Waals surface area (Å²) in [5, 5.41) is 6.18. The van der Waals surface area contributed by atoms with Gasteiger partial charge in [-0.25, -0.2) is 4.98 Å². The van der Waals surface area contributed by atoms with Crippen LogP contribution >= 0.6 is 23.1 Å². The molecule has 0 radical (unpaired) electrons. The SMILES string of the molecule is CCN(C(C)=O)c1nc(CNCCCSC)cs1. The molecule has 1 aromatic rings. The van der Waals surface area contributed by atoms with Crippen molar-refractivity contribution >= 4 is 34.1 Å². The molecule has 1 amide bonds. The molecule has 0 saturated heterocycles. The van der Waals surface area contributed by atoms with Crippen LogP contribution in [0, 0.1) is 0 Å². The molecule has 1 N–H and O–H groups in total. The Kier molecular flexibility index (Phi) is 7.31. The van der Waals surface area contributed by atoms with Gasteiger partial charge in [-0.1, -0.05) is 0 Å². The molecule has 0 aliphatic heterocycles. The van der Waals surface area contributed by atoms with Gasteiger partial charge in [0.1, 0.15) is 0 Å². The summed E-state index contributed by atoms with van der Waals surface area (Å²) in [5.74, 6) is 1.23. The molecule has 0 fully saturated rings. The highest BCUT2D eigenvalue weighted by Crippen LogP contribution is 2.20. The number of carbonyl (C=O) groups is 1. The van der Waals surface area contributed by atoms with Gasteiger partial charge in [0, 0.05) is 25.4 Å². The predicted molar refractivity (Wildman–Crippen MR) is 80.5 cm³/mol.